The Morgan fingerprint density at radius 1 is 1.38 bits per heavy atom. The zero-order valence-corrected chi connectivity index (χ0v) is 14.5. The van der Waals surface area contributed by atoms with E-state index in [-0.39, 0.29) is 11.1 Å². The highest BCUT2D eigenvalue weighted by atomic mass is 32.2. The number of imide groups is 1. The van der Waals surface area contributed by atoms with Crippen LogP contribution in [0.1, 0.15) is 19.5 Å². The van der Waals surface area contributed by atoms with Gasteiger partial charge in [-0.15, -0.1) is 0 Å². The molecule has 1 aromatic rings. The molecule has 3 atom stereocenters. The van der Waals surface area contributed by atoms with Crippen molar-refractivity contribution in [1.82, 2.24) is 15.3 Å². The summed E-state index contributed by atoms with van der Waals surface area (Å²) in [6, 6.07) is 1.73. The minimum absolute atomic E-state index is 0.355. The molecule has 128 valence electrons. The maximum Gasteiger partial charge on any atom is 0.290 e. The standard InChI is InChI=1S/C16H21N5O2S/c1-9-7-21(8-10(2)12(9)6-17)15-18-4-3-11(19-15)5-13-14(22)20-16(23)24-13/h3-5,9-10,12H,6-8,17H2,1-2H3,(H,20,22,23)/b13-5-/t9-,10+,12?. The molecule has 2 aliphatic heterocycles. The average Bonchev–Trinajstić information content (AvgIpc) is 2.85. The van der Waals surface area contributed by atoms with Crippen molar-refractivity contribution in [3.8, 4) is 0 Å². The fourth-order valence-electron chi connectivity index (χ4n) is 3.38. The van der Waals surface area contributed by atoms with Crippen LogP contribution in [0.3, 0.4) is 0 Å². The maximum absolute atomic E-state index is 11.6. The fourth-order valence-corrected chi connectivity index (χ4v) is 4.05. The van der Waals surface area contributed by atoms with Crippen molar-refractivity contribution in [1.29, 1.82) is 0 Å². The first-order valence-corrected chi connectivity index (χ1v) is 8.82. The SMILES string of the molecule is C[C@@H]1CN(c2nccc(/C=C3\SC(=O)NC3=O)n2)C[C@H](C)C1CN. The third kappa shape index (κ3) is 3.44. The van der Waals surface area contributed by atoms with E-state index in [2.05, 4.69) is 34.0 Å². The second-order valence-corrected chi connectivity index (χ2v) is 7.41. The van der Waals surface area contributed by atoms with Gasteiger partial charge in [0, 0.05) is 19.3 Å². The highest BCUT2D eigenvalue weighted by molar-refractivity contribution is 8.18. The van der Waals surface area contributed by atoms with Gasteiger partial charge in [0.15, 0.2) is 0 Å². The molecular formula is C16H21N5O2S. The molecule has 8 heteroatoms. The number of piperidine rings is 1. The van der Waals surface area contributed by atoms with E-state index in [0.29, 0.717) is 40.8 Å². The number of nitrogens with zero attached hydrogens (tertiary/aromatic N) is 3. The van der Waals surface area contributed by atoms with E-state index in [1.165, 1.54) is 0 Å². The van der Waals surface area contributed by atoms with Gasteiger partial charge in [0.1, 0.15) is 0 Å². The molecule has 7 nitrogen and oxygen atoms in total. The number of nitrogens with two attached hydrogens (primary N) is 1. The summed E-state index contributed by atoms with van der Waals surface area (Å²) in [7, 11) is 0. The summed E-state index contributed by atoms with van der Waals surface area (Å²) in [5.41, 5.74) is 6.50. The molecule has 1 aromatic heterocycles. The van der Waals surface area contributed by atoms with Gasteiger partial charge in [-0.25, -0.2) is 9.97 Å². The lowest BCUT2D eigenvalue weighted by Crippen LogP contribution is -2.47. The van der Waals surface area contributed by atoms with E-state index >= 15 is 0 Å². The van der Waals surface area contributed by atoms with Crippen LogP contribution >= 0.6 is 11.8 Å². The molecule has 2 saturated heterocycles. The molecule has 0 saturated carbocycles. The van der Waals surface area contributed by atoms with E-state index in [4.69, 9.17) is 5.73 Å². The lowest BCUT2D eigenvalue weighted by molar-refractivity contribution is -0.115. The average molecular weight is 347 g/mol. The highest BCUT2D eigenvalue weighted by Crippen LogP contribution is 2.30. The molecule has 24 heavy (non-hydrogen) atoms. The van der Waals surface area contributed by atoms with Crippen molar-refractivity contribution >= 4 is 34.9 Å². The molecule has 2 fully saturated rings. The Morgan fingerprint density at radius 3 is 2.67 bits per heavy atom. The predicted octanol–water partition coefficient (Wildman–Crippen LogP) is 1.47. The van der Waals surface area contributed by atoms with E-state index in [1.54, 1.807) is 18.3 Å². The number of thioether (sulfide) groups is 1. The summed E-state index contributed by atoms with van der Waals surface area (Å²) < 4.78 is 0. The monoisotopic (exact) mass is 347 g/mol. The molecule has 0 bridgehead atoms. The van der Waals surface area contributed by atoms with Crippen LogP contribution in [0.2, 0.25) is 0 Å². The first-order valence-electron chi connectivity index (χ1n) is 8.01. The minimum Gasteiger partial charge on any atom is -0.340 e. The van der Waals surface area contributed by atoms with E-state index < -0.39 is 0 Å². The lowest BCUT2D eigenvalue weighted by atomic mass is 9.80. The smallest absolute Gasteiger partial charge is 0.290 e. The van der Waals surface area contributed by atoms with Gasteiger partial charge in [0.05, 0.1) is 10.6 Å². The Bertz CT molecular complexity index is 681. The second kappa shape index (κ2) is 6.90. The number of hydrogen-bond donors (Lipinski definition) is 2. The Labute approximate surface area is 145 Å². The van der Waals surface area contributed by atoms with E-state index in [9.17, 15) is 9.59 Å². The van der Waals surface area contributed by atoms with Crippen molar-refractivity contribution in [2.75, 3.05) is 24.5 Å². The number of nitrogens with one attached hydrogen (secondary N) is 1. The van der Waals surface area contributed by atoms with Gasteiger partial charge >= 0.3 is 0 Å². The predicted molar refractivity (Wildman–Crippen MR) is 94.2 cm³/mol. The van der Waals surface area contributed by atoms with Gasteiger partial charge in [-0.3, -0.25) is 14.9 Å². The van der Waals surface area contributed by atoms with Crippen LogP contribution in [0.5, 0.6) is 0 Å². The first-order chi connectivity index (χ1) is 11.5. The molecule has 3 N–H and O–H groups in total. The first kappa shape index (κ1) is 16.9. The van der Waals surface area contributed by atoms with Gasteiger partial charge in [-0.2, -0.15) is 0 Å². The molecule has 0 aliphatic carbocycles. The van der Waals surface area contributed by atoms with Crippen LogP contribution in [0.15, 0.2) is 17.2 Å². The van der Waals surface area contributed by atoms with Crippen LogP contribution < -0.4 is 16.0 Å². The summed E-state index contributed by atoms with van der Waals surface area (Å²) in [4.78, 5) is 34.3. The topological polar surface area (TPSA) is 101 Å². The largest absolute Gasteiger partial charge is 0.340 e. The summed E-state index contributed by atoms with van der Waals surface area (Å²) in [5.74, 6) is 1.72. The third-order valence-corrected chi connectivity index (χ3v) is 5.43. The Hall–Kier alpha value is -1.93. The van der Waals surface area contributed by atoms with Gasteiger partial charge in [-0.05, 0) is 48.2 Å². The normalized spacial score (nSPS) is 29.2. The summed E-state index contributed by atoms with van der Waals surface area (Å²) in [6.07, 6.45) is 3.30. The van der Waals surface area contributed by atoms with Crippen LogP contribution in [0.4, 0.5) is 10.7 Å². The highest BCUT2D eigenvalue weighted by Gasteiger charge is 2.32. The van der Waals surface area contributed by atoms with Gasteiger partial charge in [0.25, 0.3) is 11.1 Å². The van der Waals surface area contributed by atoms with Gasteiger partial charge < -0.3 is 10.6 Å². The summed E-state index contributed by atoms with van der Waals surface area (Å²) in [5, 5.41) is 1.88. The number of hydrogen-bond acceptors (Lipinski definition) is 7. The zero-order chi connectivity index (χ0) is 17.3. The van der Waals surface area contributed by atoms with Crippen molar-refractivity contribution in [3.05, 3.63) is 22.9 Å². The molecule has 1 unspecified atom stereocenters. The third-order valence-electron chi connectivity index (χ3n) is 4.62. The lowest BCUT2D eigenvalue weighted by Gasteiger charge is -2.41. The molecule has 0 radical (unpaired) electrons. The molecule has 0 spiro atoms. The number of amides is 2. The number of rotatable bonds is 3. The van der Waals surface area contributed by atoms with Crippen LogP contribution in [0, 0.1) is 17.8 Å². The molecule has 3 heterocycles. The van der Waals surface area contributed by atoms with Gasteiger partial charge in [0.2, 0.25) is 5.95 Å². The Balaban J connectivity index is 1.80. The molecular weight excluding hydrogens is 326 g/mol. The quantitative estimate of drug-likeness (QED) is 0.798. The summed E-state index contributed by atoms with van der Waals surface area (Å²) >= 11 is 0.888. The van der Waals surface area contributed by atoms with E-state index in [1.807, 2.05) is 0 Å². The van der Waals surface area contributed by atoms with Crippen molar-refractivity contribution in [3.63, 3.8) is 0 Å². The van der Waals surface area contributed by atoms with Crippen LogP contribution in [0.25, 0.3) is 6.08 Å². The molecule has 2 aliphatic rings. The Kier molecular flexibility index (Phi) is 4.86. The molecule has 3 rings (SSSR count). The molecule has 0 aromatic carbocycles. The number of carbonyl (C=O) groups is 2. The number of aromatic nitrogens is 2. The zero-order valence-electron chi connectivity index (χ0n) is 13.7. The second-order valence-electron chi connectivity index (χ2n) is 6.39. The van der Waals surface area contributed by atoms with Crippen molar-refractivity contribution in [2.45, 2.75) is 13.8 Å². The van der Waals surface area contributed by atoms with Crippen LogP contribution in [-0.2, 0) is 4.79 Å². The Morgan fingerprint density at radius 2 is 2.08 bits per heavy atom. The van der Waals surface area contributed by atoms with Crippen molar-refractivity contribution in [2.24, 2.45) is 23.5 Å². The number of carbonyl (C=O) groups excluding carboxylic acids is 2. The minimum atomic E-state index is -0.379. The van der Waals surface area contributed by atoms with Crippen LogP contribution in [-0.4, -0.2) is 40.7 Å². The van der Waals surface area contributed by atoms with E-state index in [0.717, 1.165) is 24.9 Å². The number of anilines is 1. The van der Waals surface area contributed by atoms with Gasteiger partial charge in [-0.1, -0.05) is 13.8 Å². The maximum atomic E-state index is 11.6. The summed E-state index contributed by atoms with van der Waals surface area (Å²) in [6.45, 7) is 6.83. The molecule has 2 amide bonds. The fraction of sp³-hybridized carbons (Fsp3) is 0.500. The van der Waals surface area contributed by atoms with Crippen molar-refractivity contribution < 1.29 is 9.59 Å².